The molecule has 0 aliphatic rings. The van der Waals surface area contributed by atoms with Crippen LogP contribution in [0.3, 0.4) is 0 Å². The molecular weight excluding hydrogens is 358 g/mol. The summed E-state index contributed by atoms with van der Waals surface area (Å²) in [6, 6.07) is 11.9. The van der Waals surface area contributed by atoms with Gasteiger partial charge in [0.2, 0.25) is 0 Å². The van der Waals surface area contributed by atoms with Crippen molar-refractivity contribution in [2.24, 2.45) is 0 Å². The van der Waals surface area contributed by atoms with E-state index in [0.29, 0.717) is 6.54 Å². The van der Waals surface area contributed by atoms with E-state index in [2.05, 4.69) is 26.6 Å². The Balaban J connectivity index is 1.88. The van der Waals surface area contributed by atoms with E-state index in [-0.39, 0.29) is 15.3 Å². The van der Waals surface area contributed by atoms with Gasteiger partial charge in [0, 0.05) is 17.1 Å². The highest BCUT2D eigenvalue weighted by Gasteiger charge is 2.10. The highest BCUT2D eigenvalue weighted by Crippen LogP contribution is 2.26. The Bertz CT molecular complexity index is 612. The molecule has 0 aliphatic carbocycles. The first-order valence-corrected chi connectivity index (χ1v) is 7.49. The molecule has 2 N–H and O–H groups in total. The fourth-order valence-corrected chi connectivity index (χ4v) is 2.50. The molecule has 2 nitrogen and oxygen atoms in total. The molecule has 0 radical (unpaired) electrons. The number of halogens is 3. The number of hydrogen-bond acceptors (Lipinski definition) is 1. The van der Waals surface area contributed by atoms with E-state index >= 15 is 0 Å². The maximum atomic E-state index is 13.6. The minimum Gasteiger partial charge on any atom is -0.362 e. The van der Waals surface area contributed by atoms with Crippen molar-refractivity contribution in [2.45, 2.75) is 6.42 Å². The second kappa shape index (κ2) is 7.47. The molecule has 0 aliphatic heterocycles. The average Bonchev–Trinajstić information content (AvgIpc) is 2.44. The van der Waals surface area contributed by atoms with Crippen molar-refractivity contribution in [2.75, 3.05) is 11.9 Å². The van der Waals surface area contributed by atoms with Gasteiger partial charge in [0.15, 0.2) is 10.9 Å². The quantitative estimate of drug-likeness (QED) is 0.786. The largest absolute Gasteiger partial charge is 0.362 e. The molecule has 6 heteroatoms. The zero-order chi connectivity index (χ0) is 15.2. The van der Waals surface area contributed by atoms with E-state index in [0.717, 1.165) is 12.5 Å². The lowest BCUT2D eigenvalue weighted by Crippen LogP contribution is -2.30. The van der Waals surface area contributed by atoms with E-state index in [1.165, 1.54) is 11.6 Å². The van der Waals surface area contributed by atoms with Crippen LogP contribution in [0.2, 0.25) is 0 Å². The second-order valence-electron chi connectivity index (χ2n) is 4.36. The number of hydrogen-bond donors (Lipinski definition) is 2. The van der Waals surface area contributed by atoms with Gasteiger partial charge in [-0.2, -0.15) is 0 Å². The van der Waals surface area contributed by atoms with Gasteiger partial charge in [-0.3, -0.25) is 0 Å². The summed E-state index contributed by atoms with van der Waals surface area (Å²) in [6.07, 6.45) is 0.801. The molecule has 0 atom stereocenters. The lowest BCUT2D eigenvalue weighted by atomic mass is 10.1. The summed E-state index contributed by atoms with van der Waals surface area (Å²) in [5.74, 6) is -1.35. The molecular formula is C15H13BrF2N2S. The van der Waals surface area contributed by atoms with E-state index in [1.54, 1.807) is 0 Å². The standard InChI is InChI=1S/C15H13BrF2N2S/c16-12-8-11(17)9-13(18)14(12)20-15(21)19-7-6-10-4-2-1-3-5-10/h1-5,8-9H,6-7H2,(H2,19,20,21). The van der Waals surface area contributed by atoms with Gasteiger partial charge in [-0.1, -0.05) is 30.3 Å². The second-order valence-corrected chi connectivity index (χ2v) is 5.62. The first-order chi connectivity index (χ1) is 10.1. The minimum absolute atomic E-state index is 0.119. The topological polar surface area (TPSA) is 24.1 Å². The molecule has 0 bridgehead atoms. The fraction of sp³-hybridized carbons (Fsp3) is 0.133. The van der Waals surface area contributed by atoms with E-state index in [9.17, 15) is 8.78 Å². The molecule has 0 aromatic heterocycles. The molecule has 0 amide bonds. The van der Waals surface area contributed by atoms with Gasteiger partial charge >= 0.3 is 0 Å². The SMILES string of the molecule is Fc1cc(F)c(NC(=S)NCCc2ccccc2)c(Br)c1. The van der Waals surface area contributed by atoms with Gasteiger partial charge in [-0.05, 0) is 46.2 Å². The lowest BCUT2D eigenvalue weighted by molar-refractivity contribution is 0.585. The van der Waals surface area contributed by atoms with Crippen LogP contribution < -0.4 is 10.6 Å². The predicted molar refractivity (Wildman–Crippen MR) is 88.4 cm³/mol. The summed E-state index contributed by atoms with van der Waals surface area (Å²) >= 11 is 8.20. The van der Waals surface area contributed by atoms with Crippen molar-refractivity contribution in [3.63, 3.8) is 0 Å². The van der Waals surface area contributed by atoms with Crippen LogP contribution >= 0.6 is 28.1 Å². The number of anilines is 1. The minimum atomic E-state index is -0.700. The van der Waals surface area contributed by atoms with E-state index in [4.69, 9.17) is 12.2 Å². The molecule has 0 saturated heterocycles. The van der Waals surface area contributed by atoms with E-state index < -0.39 is 11.6 Å². The Hall–Kier alpha value is -1.53. The molecule has 110 valence electrons. The molecule has 0 saturated carbocycles. The van der Waals surface area contributed by atoms with Crippen molar-refractivity contribution in [1.82, 2.24) is 5.32 Å². The van der Waals surface area contributed by atoms with Gasteiger partial charge < -0.3 is 10.6 Å². The predicted octanol–water partition coefficient (Wildman–Crippen LogP) is 4.26. The number of thiocarbonyl (C=S) groups is 1. The summed E-state index contributed by atoms with van der Waals surface area (Å²) in [6.45, 7) is 0.621. The highest BCUT2D eigenvalue weighted by atomic mass is 79.9. The van der Waals surface area contributed by atoms with Crippen molar-refractivity contribution in [3.8, 4) is 0 Å². The van der Waals surface area contributed by atoms with Crippen LogP contribution in [0.4, 0.5) is 14.5 Å². The zero-order valence-electron chi connectivity index (χ0n) is 11.0. The summed E-state index contributed by atoms with van der Waals surface area (Å²) in [4.78, 5) is 0. The fourth-order valence-electron chi connectivity index (χ4n) is 1.78. The summed E-state index contributed by atoms with van der Waals surface area (Å²) < 4.78 is 26.9. The molecule has 0 unspecified atom stereocenters. The van der Waals surface area contributed by atoms with Crippen LogP contribution in [0.5, 0.6) is 0 Å². The molecule has 2 rings (SSSR count). The molecule has 2 aromatic carbocycles. The normalized spacial score (nSPS) is 10.2. The van der Waals surface area contributed by atoms with Gasteiger partial charge in [-0.25, -0.2) is 8.78 Å². The molecule has 2 aromatic rings. The summed E-state index contributed by atoms with van der Waals surface area (Å²) in [5, 5.41) is 6.00. The summed E-state index contributed by atoms with van der Waals surface area (Å²) in [5.41, 5.74) is 1.30. The third kappa shape index (κ3) is 4.75. The van der Waals surface area contributed by atoms with Crippen molar-refractivity contribution in [1.29, 1.82) is 0 Å². The Labute approximate surface area is 135 Å². The van der Waals surface area contributed by atoms with Crippen molar-refractivity contribution in [3.05, 3.63) is 64.1 Å². The Morgan fingerprint density at radius 1 is 1.14 bits per heavy atom. The van der Waals surface area contributed by atoms with Gasteiger partial charge in [-0.15, -0.1) is 0 Å². The van der Waals surface area contributed by atoms with Gasteiger partial charge in [0.25, 0.3) is 0 Å². The van der Waals surface area contributed by atoms with Crippen molar-refractivity contribution >= 4 is 38.9 Å². The number of rotatable bonds is 4. The third-order valence-electron chi connectivity index (χ3n) is 2.79. The average molecular weight is 371 g/mol. The Morgan fingerprint density at radius 2 is 1.86 bits per heavy atom. The van der Waals surface area contributed by atoms with Crippen LogP contribution in [-0.4, -0.2) is 11.7 Å². The third-order valence-corrected chi connectivity index (χ3v) is 3.66. The maximum Gasteiger partial charge on any atom is 0.170 e. The van der Waals surface area contributed by atoms with Crippen LogP contribution in [0.1, 0.15) is 5.56 Å². The van der Waals surface area contributed by atoms with Gasteiger partial charge in [0.1, 0.15) is 5.82 Å². The number of benzene rings is 2. The monoisotopic (exact) mass is 370 g/mol. The van der Waals surface area contributed by atoms with E-state index in [1.807, 2.05) is 30.3 Å². The molecule has 21 heavy (non-hydrogen) atoms. The first kappa shape index (κ1) is 15.9. The molecule has 0 heterocycles. The zero-order valence-corrected chi connectivity index (χ0v) is 13.4. The summed E-state index contributed by atoms with van der Waals surface area (Å²) in [7, 11) is 0. The van der Waals surface area contributed by atoms with Gasteiger partial charge in [0.05, 0.1) is 5.69 Å². The van der Waals surface area contributed by atoms with Crippen LogP contribution in [0.15, 0.2) is 46.9 Å². The van der Waals surface area contributed by atoms with Crippen LogP contribution in [-0.2, 0) is 6.42 Å². The number of nitrogens with one attached hydrogen (secondary N) is 2. The van der Waals surface area contributed by atoms with Crippen molar-refractivity contribution < 1.29 is 8.78 Å². The smallest absolute Gasteiger partial charge is 0.170 e. The van der Waals surface area contributed by atoms with Crippen LogP contribution in [0, 0.1) is 11.6 Å². The lowest BCUT2D eigenvalue weighted by Gasteiger charge is -2.12. The Morgan fingerprint density at radius 3 is 2.52 bits per heavy atom. The van der Waals surface area contributed by atoms with Crippen LogP contribution in [0.25, 0.3) is 0 Å². The molecule has 0 fully saturated rings. The molecule has 0 spiro atoms. The highest BCUT2D eigenvalue weighted by molar-refractivity contribution is 9.10. The Kier molecular flexibility index (Phi) is 5.64. The maximum absolute atomic E-state index is 13.6. The first-order valence-electron chi connectivity index (χ1n) is 6.29.